The molecule has 0 radical (unpaired) electrons. The lowest BCUT2D eigenvalue weighted by atomic mass is 9.97. The van der Waals surface area contributed by atoms with Gasteiger partial charge in [-0.1, -0.05) is 66.7 Å². The van der Waals surface area contributed by atoms with Crippen LogP contribution >= 0.6 is 0 Å². The highest BCUT2D eigenvalue weighted by atomic mass is 19.1. The Morgan fingerprint density at radius 1 is 0.957 bits per heavy atom. The molecule has 1 N–H and O–H groups in total. The van der Waals surface area contributed by atoms with Crippen LogP contribution in [0, 0.1) is 5.82 Å². The van der Waals surface area contributed by atoms with E-state index in [1.807, 2.05) is 72.8 Å². The van der Waals surface area contributed by atoms with Gasteiger partial charge in [0.2, 0.25) is 0 Å². The first-order valence-corrected chi connectivity index (χ1v) is 15.7. The summed E-state index contributed by atoms with van der Waals surface area (Å²) in [4.78, 5) is 27.4. The smallest absolute Gasteiger partial charge is 0.417 e. The van der Waals surface area contributed by atoms with Crippen molar-refractivity contribution < 1.29 is 38.0 Å². The third-order valence-corrected chi connectivity index (χ3v) is 8.19. The number of imide groups is 1. The summed E-state index contributed by atoms with van der Waals surface area (Å²) in [5.74, 6) is 0.401. The van der Waals surface area contributed by atoms with Crippen molar-refractivity contribution in [1.82, 2.24) is 4.90 Å². The Morgan fingerprint density at radius 2 is 1.72 bits per heavy atom. The van der Waals surface area contributed by atoms with Gasteiger partial charge in [0.05, 0.1) is 6.04 Å². The molecule has 4 aromatic rings. The Kier molecular flexibility index (Phi) is 9.94. The standard InChI is InChI=1S/C38H36FNO7/c1-2-44-36(37(42)40-31(24-46-38(40)43)20-25-7-4-3-5-8-25)35(41)29-14-18-34-28(22-29)13-17-33(47-34)21-26-11-15-32(16-12-26)45-23-27-9-6-10-30(39)19-27/h3-19,22,31,33,35-36,41H,2,20-21,23-24H2,1H3/t31?,33?,35-,36+/m1/s1. The Balaban J connectivity index is 1.08. The molecule has 2 unspecified atom stereocenters. The lowest BCUT2D eigenvalue weighted by Gasteiger charge is -2.28. The van der Waals surface area contributed by atoms with Gasteiger partial charge in [-0.15, -0.1) is 0 Å². The van der Waals surface area contributed by atoms with E-state index < -0.39 is 30.3 Å². The summed E-state index contributed by atoms with van der Waals surface area (Å²) in [6.45, 7) is 2.24. The molecule has 8 nitrogen and oxygen atoms in total. The molecule has 2 heterocycles. The third kappa shape index (κ3) is 7.70. The molecule has 4 aromatic carbocycles. The van der Waals surface area contributed by atoms with E-state index in [4.69, 9.17) is 18.9 Å². The first-order valence-electron chi connectivity index (χ1n) is 15.7. The van der Waals surface area contributed by atoms with Gasteiger partial charge in [0.15, 0.2) is 6.10 Å². The number of rotatable bonds is 12. The summed E-state index contributed by atoms with van der Waals surface area (Å²) in [6.07, 6.45) is 1.36. The average Bonchev–Trinajstić information content (AvgIpc) is 3.45. The topological polar surface area (TPSA) is 94.5 Å². The number of carbonyl (C=O) groups is 2. The molecule has 0 spiro atoms. The van der Waals surface area contributed by atoms with E-state index in [9.17, 15) is 19.1 Å². The number of hydrogen-bond acceptors (Lipinski definition) is 7. The van der Waals surface area contributed by atoms with Crippen molar-refractivity contribution >= 4 is 18.1 Å². The van der Waals surface area contributed by atoms with Crippen LogP contribution in [0.5, 0.6) is 11.5 Å². The van der Waals surface area contributed by atoms with Crippen LogP contribution in [0.1, 0.15) is 40.8 Å². The number of fused-ring (bicyclic) bond motifs is 1. The van der Waals surface area contributed by atoms with E-state index in [1.54, 1.807) is 31.2 Å². The number of amides is 2. The zero-order valence-corrected chi connectivity index (χ0v) is 26.0. The molecule has 4 atom stereocenters. The predicted molar refractivity (Wildman–Crippen MR) is 173 cm³/mol. The van der Waals surface area contributed by atoms with Gasteiger partial charge in [-0.3, -0.25) is 4.79 Å². The first-order chi connectivity index (χ1) is 22.9. The second-order valence-corrected chi connectivity index (χ2v) is 11.5. The number of aliphatic hydroxyl groups excluding tert-OH is 1. The van der Waals surface area contributed by atoms with Gasteiger partial charge in [0, 0.05) is 18.6 Å². The molecule has 1 fully saturated rings. The molecule has 47 heavy (non-hydrogen) atoms. The van der Waals surface area contributed by atoms with Crippen LogP contribution in [0.3, 0.4) is 0 Å². The molecule has 0 aromatic heterocycles. The van der Waals surface area contributed by atoms with Crippen LogP contribution < -0.4 is 9.47 Å². The molecule has 6 rings (SSSR count). The van der Waals surface area contributed by atoms with Crippen LogP contribution in [-0.4, -0.2) is 53.5 Å². The maximum atomic E-state index is 13.7. The van der Waals surface area contributed by atoms with Gasteiger partial charge in [0.25, 0.3) is 5.91 Å². The van der Waals surface area contributed by atoms with Gasteiger partial charge in [0.1, 0.15) is 42.7 Å². The Bertz CT molecular complexity index is 1730. The second kappa shape index (κ2) is 14.6. The zero-order chi connectivity index (χ0) is 32.8. The molecular weight excluding hydrogens is 601 g/mol. The molecule has 242 valence electrons. The maximum Gasteiger partial charge on any atom is 0.417 e. The van der Waals surface area contributed by atoms with E-state index in [0.717, 1.165) is 27.2 Å². The predicted octanol–water partition coefficient (Wildman–Crippen LogP) is 6.45. The molecule has 0 saturated carbocycles. The van der Waals surface area contributed by atoms with Crippen LogP contribution in [-0.2, 0) is 33.7 Å². The Labute approximate surface area is 273 Å². The van der Waals surface area contributed by atoms with Gasteiger partial charge in [-0.25, -0.2) is 14.1 Å². The van der Waals surface area contributed by atoms with Crippen LogP contribution in [0.2, 0.25) is 0 Å². The van der Waals surface area contributed by atoms with E-state index in [0.29, 0.717) is 29.9 Å². The highest BCUT2D eigenvalue weighted by molar-refractivity contribution is 5.96. The zero-order valence-electron chi connectivity index (χ0n) is 26.0. The third-order valence-electron chi connectivity index (χ3n) is 8.19. The first kappa shape index (κ1) is 32.0. The molecule has 2 aliphatic heterocycles. The summed E-state index contributed by atoms with van der Waals surface area (Å²) in [5.41, 5.74) is 3.99. The van der Waals surface area contributed by atoms with Gasteiger partial charge in [-0.05, 0) is 78.1 Å². The van der Waals surface area contributed by atoms with Crippen LogP contribution in [0.25, 0.3) is 6.08 Å². The summed E-state index contributed by atoms with van der Waals surface area (Å²) in [5, 5.41) is 11.4. The fourth-order valence-corrected chi connectivity index (χ4v) is 5.81. The van der Waals surface area contributed by atoms with E-state index in [2.05, 4.69) is 0 Å². The van der Waals surface area contributed by atoms with Crippen LogP contribution in [0.4, 0.5) is 9.18 Å². The number of ether oxygens (including phenoxy) is 4. The lowest BCUT2D eigenvalue weighted by molar-refractivity contribution is -0.149. The largest absolute Gasteiger partial charge is 0.489 e. The van der Waals surface area contributed by atoms with Gasteiger partial charge < -0.3 is 24.1 Å². The fourth-order valence-electron chi connectivity index (χ4n) is 5.81. The van der Waals surface area contributed by atoms with E-state index in [-0.39, 0.29) is 31.7 Å². The van der Waals surface area contributed by atoms with Crippen molar-refractivity contribution in [3.8, 4) is 11.5 Å². The lowest BCUT2D eigenvalue weighted by Crippen LogP contribution is -2.48. The molecule has 2 aliphatic rings. The van der Waals surface area contributed by atoms with Gasteiger partial charge in [-0.2, -0.15) is 0 Å². The molecule has 1 saturated heterocycles. The van der Waals surface area contributed by atoms with Crippen molar-refractivity contribution in [1.29, 1.82) is 0 Å². The van der Waals surface area contributed by atoms with E-state index in [1.165, 1.54) is 12.1 Å². The average molecular weight is 638 g/mol. The number of aliphatic hydroxyl groups is 1. The molecule has 0 aliphatic carbocycles. The summed E-state index contributed by atoms with van der Waals surface area (Å²) < 4.78 is 36.4. The van der Waals surface area contributed by atoms with Gasteiger partial charge >= 0.3 is 6.09 Å². The highest BCUT2D eigenvalue weighted by Gasteiger charge is 2.43. The van der Waals surface area contributed by atoms with Crippen molar-refractivity contribution in [3.63, 3.8) is 0 Å². The monoisotopic (exact) mass is 637 g/mol. The fraction of sp³-hybridized carbons (Fsp3) is 0.263. The highest BCUT2D eigenvalue weighted by Crippen LogP contribution is 2.33. The Hall–Kier alpha value is -4.99. The number of benzene rings is 4. The summed E-state index contributed by atoms with van der Waals surface area (Å²) in [6, 6.07) is 28.3. The van der Waals surface area contributed by atoms with E-state index >= 15 is 0 Å². The van der Waals surface area contributed by atoms with Crippen molar-refractivity contribution in [2.75, 3.05) is 13.2 Å². The number of nitrogens with zero attached hydrogens (tertiary/aromatic N) is 1. The summed E-state index contributed by atoms with van der Waals surface area (Å²) in [7, 11) is 0. The second-order valence-electron chi connectivity index (χ2n) is 11.5. The number of halogens is 1. The maximum absolute atomic E-state index is 13.7. The number of cyclic esters (lactones) is 1. The number of carbonyl (C=O) groups excluding carboxylic acids is 2. The molecule has 2 amide bonds. The SMILES string of the molecule is CCO[C@H](C(=O)N1C(=O)OCC1Cc1ccccc1)[C@H](O)c1ccc2c(c1)C=CC(Cc1ccc(OCc3cccc(F)c3)cc1)O2. The van der Waals surface area contributed by atoms with Crippen molar-refractivity contribution in [3.05, 3.63) is 137 Å². The van der Waals surface area contributed by atoms with Crippen molar-refractivity contribution in [2.24, 2.45) is 0 Å². The van der Waals surface area contributed by atoms with Crippen molar-refractivity contribution in [2.45, 2.75) is 50.7 Å². The Morgan fingerprint density at radius 3 is 2.49 bits per heavy atom. The minimum Gasteiger partial charge on any atom is -0.489 e. The molecule has 0 bridgehead atoms. The quantitative estimate of drug-likeness (QED) is 0.191. The minimum absolute atomic E-state index is 0.0744. The summed E-state index contributed by atoms with van der Waals surface area (Å²) >= 11 is 0. The minimum atomic E-state index is -1.33. The van der Waals surface area contributed by atoms with Crippen LogP contribution in [0.15, 0.2) is 103 Å². The molecule has 9 heteroatoms. The molecular formula is C38H36FNO7. The normalized spacial score (nSPS) is 18.2. The number of hydrogen-bond donors (Lipinski definition) is 1.